The maximum Gasteiger partial charge on any atom is 0.138 e. The van der Waals surface area contributed by atoms with Gasteiger partial charge in [-0.2, -0.15) is 0 Å². The highest BCUT2D eigenvalue weighted by atomic mass is 15.2. The van der Waals surface area contributed by atoms with Gasteiger partial charge in [-0.1, -0.05) is 18.2 Å². The summed E-state index contributed by atoms with van der Waals surface area (Å²) in [6.45, 7) is 2.99. The SMILES string of the molecule is CC1=Nc2c1ncc1[nH]c3ncc(N4CCc5ccccc54)cc3c21. The van der Waals surface area contributed by atoms with Gasteiger partial charge in [-0.15, -0.1) is 0 Å². The highest BCUT2D eigenvalue weighted by Crippen LogP contribution is 2.41. The summed E-state index contributed by atoms with van der Waals surface area (Å²) in [5, 5.41) is 2.25. The second kappa shape index (κ2) is 4.45. The second-order valence-electron chi connectivity index (χ2n) is 6.69. The van der Waals surface area contributed by atoms with Gasteiger partial charge in [0.05, 0.1) is 29.3 Å². The summed E-state index contributed by atoms with van der Waals surface area (Å²) in [7, 11) is 0. The first-order valence-electron chi connectivity index (χ1n) is 8.51. The number of hydrogen-bond acceptors (Lipinski definition) is 4. The first-order valence-corrected chi connectivity index (χ1v) is 8.51. The lowest BCUT2D eigenvalue weighted by molar-refractivity contribution is 0.995. The predicted molar refractivity (Wildman–Crippen MR) is 100 cm³/mol. The Bertz CT molecular complexity index is 1220. The van der Waals surface area contributed by atoms with E-state index in [-0.39, 0.29) is 0 Å². The Hall–Kier alpha value is -3.21. The molecule has 4 aromatic rings. The van der Waals surface area contributed by atoms with Crippen molar-refractivity contribution in [3.63, 3.8) is 0 Å². The van der Waals surface area contributed by atoms with Crippen molar-refractivity contribution in [1.29, 1.82) is 0 Å². The van der Waals surface area contributed by atoms with Crippen molar-refractivity contribution in [1.82, 2.24) is 15.0 Å². The van der Waals surface area contributed by atoms with Gasteiger partial charge in [-0.05, 0) is 31.0 Å². The Morgan fingerprint density at radius 1 is 1.12 bits per heavy atom. The van der Waals surface area contributed by atoms with Crippen LogP contribution in [-0.2, 0) is 6.42 Å². The van der Waals surface area contributed by atoms with Gasteiger partial charge < -0.3 is 9.88 Å². The largest absolute Gasteiger partial charge is 0.340 e. The lowest BCUT2D eigenvalue weighted by atomic mass is 10.1. The van der Waals surface area contributed by atoms with E-state index in [4.69, 9.17) is 0 Å². The Morgan fingerprint density at radius 3 is 2.96 bits per heavy atom. The van der Waals surface area contributed by atoms with Crippen LogP contribution in [0.4, 0.5) is 17.1 Å². The van der Waals surface area contributed by atoms with Crippen molar-refractivity contribution in [2.45, 2.75) is 13.3 Å². The van der Waals surface area contributed by atoms with E-state index in [9.17, 15) is 0 Å². The number of aliphatic imine (C=N–C) groups is 1. The fraction of sp³-hybridized carbons (Fsp3) is 0.150. The van der Waals surface area contributed by atoms with E-state index in [1.807, 2.05) is 19.3 Å². The Labute approximate surface area is 144 Å². The number of anilines is 2. The molecule has 0 spiro atoms. The van der Waals surface area contributed by atoms with E-state index in [0.717, 1.165) is 57.7 Å². The molecule has 0 fully saturated rings. The van der Waals surface area contributed by atoms with Crippen LogP contribution in [0.3, 0.4) is 0 Å². The van der Waals surface area contributed by atoms with Crippen LogP contribution in [0.5, 0.6) is 0 Å². The van der Waals surface area contributed by atoms with Crippen molar-refractivity contribution < 1.29 is 0 Å². The fourth-order valence-electron chi connectivity index (χ4n) is 4.04. The van der Waals surface area contributed by atoms with Crippen LogP contribution >= 0.6 is 0 Å². The third kappa shape index (κ3) is 1.65. The molecule has 0 radical (unpaired) electrons. The second-order valence-corrected chi connectivity index (χ2v) is 6.69. The van der Waals surface area contributed by atoms with E-state index in [2.05, 4.69) is 55.2 Å². The molecule has 5 nitrogen and oxygen atoms in total. The molecular formula is C20H15N5. The molecule has 5 heterocycles. The molecule has 6 rings (SSSR count). The van der Waals surface area contributed by atoms with Gasteiger partial charge in [0, 0.05) is 23.0 Å². The minimum absolute atomic E-state index is 0.890. The first-order chi connectivity index (χ1) is 12.3. The minimum atomic E-state index is 0.890. The summed E-state index contributed by atoms with van der Waals surface area (Å²) in [4.78, 5) is 19.5. The smallest absolute Gasteiger partial charge is 0.138 e. The molecule has 2 aliphatic heterocycles. The number of nitrogens with one attached hydrogen (secondary N) is 1. The predicted octanol–water partition coefficient (Wildman–Crippen LogP) is 4.26. The Kier molecular flexibility index (Phi) is 2.33. The Balaban J connectivity index is 1.59. The number of pyridine rings is 2. The number of fused-ring (bicyclic) bond motifs is 6. The van der Waals surface area contributed by atoms with Gasteiger partial charge in [0.15, 0.2) is 0 Å². The molecule has 0 saturated carbocycles. The number of nitrogens with zero attached hydrogens (tertiary/aromatic N) is 4. The first kappa shape index (κ1) is 13.1. The van der Waals surface area contributed by atoms with Gasteiger partial charge in [-0.3, -0.25) is 4.98 Å². The average Bonchev–Trinajstić information content (AvgIpc) is 3.21. The minimum Gasteiger partial charge on any atom is -0.340 e. The third-order valence-corrected chi connectivity index (χ3v) is 5.27. The highest BCUT2D eigenvalue weighted by Gasteiger charge is 2.24. The van der Waals surface area contributed by atoms with Crippen molar-refractivity contribution in [2.24, 2.45) is 4.99 Å². The Morgan fingerprint density at radius 2 is 2.04 bits per heavy atom. The molecule has 0 unspecified atom stereocenters. The van der Waals surface area contributed by atoms with Crippen LogP contribution < -0.4 is 4.90 Å². The number of benzene rings is 1. The average molecular weight is 325 g/mol. The molecule has 0 saturated heterocycles. The number of aromatic amines is 1. The van der Waals surface area contributed by atoms with E-state index >= 15 is 0 Å². The maximum absolute atomic E-state index is 4.68. The lowest BCUT2D eigenvalue weighted by Gasteiger charge is -2.19. The molecule has 0 atom stereocenters. The van der Waals surface area contributed by atoms with Crippen LogP contribution in [0.25, 0.3) is 21.9 Å². The van der Waals surface area contributed by atoms with Crippen molar-refractivity contribution in [3.05, 3.63) is 54.0 Å². The van der Waals surface area contributed by atoms with Gasteiger partial charge in [0.2, 0.25) is 0 Å². The van der Waals surface area contributed by atoms with Crippen LogP contribution in [0.15, 0.2) is 47.7 Å². The van der Waals surface area contributed by atoms with Crippen LogP contribution in [0.2, 0.25) is 0 Å². The summed E-state index contributed by atoms with van der Waals surface area (Å²) >= 11 is 0. The summed E-state index contributed by atoms with van der Waals surface area (Å²) in [6.07, 6.45) is 4.91. The number of aromatic nitrogens is 3. The quantitative estimate of drug-likeness (QED) is 0.569. The molecule has 3 aromatic heterocycles. The van der Waals surface area contributed by atoms with E-state index in [1.165, 1.54) is 11.3 Å². The van der Waals surface area contributed by atoms with Crippen molar-refractivity contribution in [3.8, 4) is 0 Å². The molecule has 1 aromatic carbocycles. The zero-order chi connectivity index (χ0) is 16.5. The van der Waals surface area contributed by atoms with Gasteiger partial charge >= 0.3 is 0 Å². The lowest BCUT2D eigenvalue weighted by Crippen LogP contribution is -2.13. The maximum atomic E-state index is 4.68. The summed E-state index contributed by atoms with van der Waals surface area (Å²) < 4.78 is 0. The molecule has 25 heavy (non-hydrogen) atoms. The zero-order valence-electron chi connectivity index (χ0n) is 13.7. The van der Waals surface area contributed by atoms with E-state index < -0.39 is 0 Å². The van der Waals surface area contributed by atoms with Gasteiger partial charge in [0.1, 0.15) is 17.0 Å². The molecule has 120 valence electrons. The fourth-order valence-corrected chi connectivity index (χ4v) is 4.04. The third-order valence-electron chi connectivity index (χ3n) is 5.27. The number of para-hydroxylation sites is 1. The molecular weight excluding hydrogens is 310 g/mol. The molecule has 2 aliphatic rings. The molecule has 0 aliphatic carbocycles. The standard InChI is InChI=1S/C20H15N5/c1-11-18-19(23-11)17-14-8-13(9-22-20(14)24-15(17)10-21-18)25-7-6-12-4-2-3-5-16(12)25/h2-5,8-10H,6-7H2,1H3,(H,22,24). The van der Waals surface area contributed by atoms with E-state index in [0.29, 0.717) is 0 Å². The zero-order valence-corrected chi connectivity index (χ0v) is 13.7. The van der Waals surface area contributed by atoms with Crippen molar-refractivity contribution >= 4 is 44.7 Å². The van der Waals surface area contributed by atoms with Crippen LogP contribution in [-0.4, -0.2) is 27.2 Å². The van der Waals surface area contributed by atoms with Crippen LogP contribution in [0.1, 0.15) is 18.2 Å². The van der Waals surface area contributed by atoms with Crippen molar-refractivity contribution in [2.75, 3.05) is 11.4 Å². The summed E-state index contributed by atoms with van der Waals surface area (Å²) in [5.74, 6) is 0. The number of hydrogen-bond donors (Lipinski definition) is 1. The summed E-state index contributed by atoms with van der Waals surface area (Å²) in [6, 6.07) is 10.8. The van der Waals surface area contributed by atoms with Crippen LogP contribution in [0, 0.1) is 0 Å². The number of H-pyrrole nitrogens is 1. The van der Waals surface area contributed by atoms with Gasteiger partial charge in [0.25, 0.3) is 0 Å². The molecule has 0 bridgehead atoms. The normalized spacial score (nSPS) is 15.2. The van der Waals surface area contributed by atoms with Gasteiger partial charge in [-0.25, -0.2) is 9.98 Å². The highest BCUT2D eigenvalue weighted by molar-refractivity contribution is 6.22. The monoisotopic (exact) mass is 325 g/mol. The molecule has 5 heteroatoms. The topological polar surface area (TPSA) is 57.2 Å². The number of rotatable bonds is 1. The molecule has 0 amide bonds. The van der Waals surface area contributed by atoms with E-state index in [1.54, 1.807) is 0 Å². The molecule has 1 N–H and O–H groups in total. The summed E-state index contributed by atoms with van der Waals surface area (Å²) in [5.41, 5.74) is 8.69.